The van der Waals surface area contributed by atoms with Gasteiger partial charge in [-0.25, -0.2) is 12.7 Å². The van der Waals surface area contributed by atoms with E-state index in [2.05, 4.69) is 0 Å². The van der Waals surface area contributed by atoms with Crippen LogP contribution in [0.4, 0.5) is 13.2 Å². The van der Waals surface area contributed by atoms with E-state index in [0.29, 0.717) is 0 Å². The van der Waals surface area contributed by atoms with E-state index in [-0.39, 0.29) is 50.6 Å². The molecule has 1 saturated heterocycles. The number of hydrogen-bond acceptors (Lipinski definition) is 3. The average Bonchev–Trinajstić information content (AvgIpc) is 2.16. The highest BCUT2D eigenvalue weighted by Gasteiger charge is 2.42. The second kappa shape index (κ2) is 6.21. The molecule has 0 amide bonds. The van der Waals surface area contributed by atoms with Crippen molar-refractivity contribution in [2.24, 2.45) is 11.7 Å². The second-order valence-corrected chi connectivity index (χ2v) is 5.91. The molecule has 0 atom stereocenters. The second-order valence-electron chi connectivity index (χ2n) is 3.82. The van der Waals surface area contributed by atoms with Crippen LogP contribution in [0.25, 0.3) is 0 Å². The standard InChI is InChI=1S/C8H15F3N2O2S.ClH/c9-8(10,11)7-1-4-13(5-2-7)16(14,15)6-3-12;/h7H,1-6,12H2;1H. The van der Waals surface area contributed by atoms with Gasteiger partial charge < -0.3 is 5.73 Å². The van der Waals surface area contributed by atoms with E-state index >= 15 is 0 Å². The van der Waals surface area contributed by atoms with Crippen LogP contribution in [0.2, 0.25) is 0 Å². The van der Waals surface area contributed by atoms with Crippen molar-refractivity contribution in [3.63, 3.8) is 0 Å². The van der Waals surface area contributed by atoms with Crippen LogP contribution in [0, 0.1) is 5.92 Å². The summed E-state index contributed by atoms with van der Waals surface area (Å²) in [5, 5.41) is 0. The summed E-state index contributed by atoms with van der Waals surface area (Å²) >= 11 is 0. The fourth-order valence-electron chi connectivity index (χ4n) is 1.74. The average molecular weight is 297 g/mol. The summed E-state index contributed by atoms with van der Waals surface area (Å²) in [6.07, 6.45) is -4.54. The molecule has 0 aliphatic carbocycles. The van der Waals surface area contributed by atoms with E-state index in [1.165, 1.54) is 0 Å². The van der Waals surface area contributed by atoms with Gasteiger partial charge in [-0.1, -0.05) is 0 Å². The van der Waals surface area contributed by atoms with Gasteiger partial charge in [-0.05, 0) is 12.8 Å². The summed E-state index contributed by atoms with van der Waals surface area (Å²) in [5.74, 6) is -1.58. The Labute approximate surface area is 105 Å². The molecule has 0 aromatic carbocycles. The van der Waals surface area contributed by atoms with Crippen LogP contribution in [0.1, 0.15) is 12.8 Å². The Kier molecular flexibility index (Phi) is 6.20. The Morgan fingerprint density at radius 1 is 1.24 bits per heavy atom. The monoisotopic (exact) mass is 296 g/mol. The minimum atomic E-state index is -4.22. The molecule has 9 heteroatoms. The van der Waals surface area contributed by atoms with Crippen LogP contribution >= 0.6 is 12.4 Å². The fraction of sp³-hybridized carbons (Fsp3) is 1.00. The highest BCUT2D eigenvalue weighted by atomic mass is 35.5. The van der Waals surface area contributed by atoms with Crippen molar-refractivity contribution in [2.75, 3.05) is 25.4 Å². The lowest BCUT2D eigenvalue weighted by Gasteiger charge is -2.32. The van der Waals surface area contributed by atoms with Crippen LogP contribution in [0.5, 0.6) is 0 Å². The zero-order valence-electron chi connectivity index (χ0n) is 9.11. The Morgan fingerprint density at radius 3 is 2.06 bits per heavy atom. The van der Waals surface area contributed by atoms with Crippen molar-refractivity contribution in [3.8, 4) is 0 Å². The molecule has 0 saturated carbocycles. The molecule has 17 heavy (non-hydrogen) atoms. The molecule has 1 fully saturated rings. The summed E-state index contributed by atoms with van der Waals surface area (Å²) in [6, 6.07) is 0. The predicted octanol–water partition coefficient (Wildman–Crippen LogP) is 0.971. The molecule has 0 unspecified atom stereocenters. The zero-order chi connectivity index (χ0) is 12.4. The van der Waals surface area contributed by atoms with Gasteiger partial charge >= 0.3 is 6.18 Å². The van der Waals surface area contributed by atoms with E-state index in [1.54, 1.807) is 0 Å². The van der Waals surface area contributed by atoms with E-state index in [4.69, 9.17) is 5.73 Å². The van der Waals surface area contributed by atoms with Gasteiger partial charge in [0.05, 0.1) is 11.7 Å². The van der Waals surface area contributed by atoms with E-state index in [0.717, 1.165) is 4.31 Å². The Balaban J connectivity index is 0.00000256. The molecule has 104 valence electrons. The number of rotatable bonds is 3. The van der Waals surface area contributed by atoms with E-state index in [1.807, 2.05) is 0 Å². The van der Waals surface area contributed by atoms with Crippen molar-refractivity contribution in [2.45, 2.75) is 19.0 Å². The van der Waals surface area contributed by atoms with Gasteiger partial charge in [0.15, 0.2) is 0 Å². The smallest absolute Gasteiger partial charge is 0.329 e. The Morgan fingerprint density at radius 2 is 1.71 bits per heavy atom. The zero-order valence-corrected chi connectivity index (χ0v) is 10.7. The maximum atomic E-state index is 12.3. The number of sulfonamides is 1. The van der Waals surface area contributed by atoms with Crippen molar-refractivity contribution < 1.29 is 21.6 Å². The minimum Gasteiger partial charge on any atom is -0.329 e. The summed E-state index contributed by atoms with van der Waals surface area (Å²) in [7, 11) is -3.46. The first-order valence-corrected chi connectivity index (χ1v) is 6.63. The van der Waals surface area contributed by atoms with Crippen molar-refractivity contribution in [3.05, 3.63) is 0 Å². The number of nitrogens with zero attached hydrogens (tertiary/aromatic N) is 1. The summed E-state index contributed by atoms with van der Waals surface area (Å²) < 4.78 is 61.1. The van der Waals surface area contributed by atoms with Crippen molar-refractivity contribution in [1.82, 2.24) is 4.31 Å². The molecular formula is C8H16ClF3N2O2S. The van der Waals surface area contributed by atoms with Gasteiger partial charge in [0.2, 0.25) is 10.0 Å². The molecule has 0 aromatic rings. The maximum Gasteiger partial charge on any atom is 0.391 e. The van der Waals surface area contributed by atoms with Gasteiger partial charge in [-0.3, -0.25) is 0 Å². The lowest BCUT2D eigenvalue weighted by Crippen LogP contribution is -2.43. The molecule has 1 aliphatic rings. The topological polar surface area (TPSA) is 63.4 Å². The first-order chi connectivity index (χ1) is 7.27. The first kappa shape index (κ1) is 16.9. The summed E-state index contributed by atoms with van der Waals surface area (Å²) in [6.45, 7) is -0.138. The molecule has 0 spiro atoms. The predicted molar refractivity (Wildman–Crippen MR) is 60.4 cm³/mol. The SMILES string of the molecule is Cl.NCCS(=O)(=O)N1CCC(C(F)(F)F)CC1. The lowest BCUT2D eigenvalue weighted by molar-refractivity contribution is -0.182. The number of piperidine rings is 1. The van der Waals surface area contributed by atoms with Gasteiger partial charge in [0.1, 0.15) is 0 Å². The van der Waals surface area contributed by atoms with E-state index in [9.17, 15) is 21.6 Å². The van der Waals surface area contributed by atoms with Crippen LogP contribution in [0.15, 0.2) is 0 Å². The number of alkyl halides is 3. The maximum absolute atomic E-state index is 12.3. The van der Waals surface area contributed by atoms with Crippen LogP contribution < -0.4 is 5.73 Å². The largest absolute Gasteiger partial charge is 0.391 e. The molecule has 1 heterocycles. The molecule has 2 N–H and O–H groups in total. The molecule has 0 aromatic heterocycles. The molecule has 1 rings (SSSR count). The number of nitrogens with two attached hydrogens (primary N) is 1. The minimum absolute atomic E-state index is 0. The van der Waals surface area contributed by atoms with Crippen LogP contribution in [-0.2, 0) is 10.0 Å². The Hall–Kier alpha value is -0.0500. The van der Waals surface area contributed by atoms with Gasteiger partial charge in [0.25, 0.3) is 0 Å². The third-order valence-corrected chi connectivity index (χ3v) is 4.59. The highest BCUT2D eigenvalue weighted by molar-refractivity contribution is 7.89. The highest BCUT2D eigenvalue weighted by Crippen LogP contribution is 2.34. The quantitative estimate of drug-likeness (QED) is 0.844. The molecule has 0 radical (unpaired) electrons. The first-order valence-electron chi connectivity index (χ1n) is 5.02. The third kappa shape index (κ3) is 4.61. The summed E-state index contributed by atoms with van der Waals surface area (Å²) in [4.78, 5) is 0. The molecular weight excluding hydrogens is 281 g/mol. The van der Waals surface area contributed by atoms with E-state index < -0.39 is 22.1 Å². The fourth-order valence-corrected chi connectivity index (χ4v) is 3.06. The van der Waals surface area contributed by atoms with Gasteiger partial charge in [0, 0.05) is 19.6 Å². The van der Waals surface area contributed by atoms with Gasteiger partial charge in [-0.2, -0.15) is 13.2 Å². The molecule has 1 aliphatic heterocycles. The Bertz CT molecular complexity index is 326. The molecule has 4 nitrogen and oxygen atoms in total. The van der Waals surface area contributed by atoms with Crippen LogP contribution in [0.3, 0.4) is 0 Å². The number of halogens is 4. The molecule has 0 bridgehead atoms. The van der Waals surface area contributed by atoms with Crippen molar-refractivity contribution >= 4 is 22.4 Å². The number of hydrogen-bond donors (Lipinski definition) is 1. The summed E-state index contributed by atoms with van der Waals surface area (Å²) in [5.41, 5.74) is 5.13. The lowest BCUT2D eigenvalue weighted by atomic mass is 9.98. The van der Waals surface area contributed by atoms with Crippen LogP contribution in [-0.4, -0.2) is 44.3 Å². The normalized spacial score (nSPS) is 20.0. The third-order valence-electron chi connectivity index (χ3n) is 2.69. The van der Waals surface area contributed by atoms with Crippen molar-refractivity contribution in [1.29, 1.82) is 0 Å². The van der Waals surface area contributed by atoms with Gasteiger partial charge in [-0.15, -0.1) is 12.4 Å².